The number of amides is 1. The highest BCUT2D eigenvalue weighted by atomic mass is 16.5. The van der Waals surface area contributed by atoms with Gasteiger partial charge in [0.15, 0.2) is 0 Å². The normalized spacial score (nSPS) is 34.6. The number of aliphatic hydroxyl groups excluding tert-OH is 1. The van der Waals surface area contributed by atoms with Crippen LogP contribution in [-0.2, 0) is 19.0 Å². The Bertz CT molecular complexity index is 455. The zero-order valence-electron chi connectivity index (χ0n) is 16.1. The van der Waals surface area contributed by atoms with Crippen LogP contribution in [0, 0.1) is 5.92 Å². The van der Waals surface area contributed by atoms with Crippen LogP contribution in [0.1, 0.15) is 32.1 Å². The van der Waals surface area contributed by atoms with E-state index < -0.39 is 6.10 Å². The van der Waals surface area contributed by atoms with Crippen molar-refractivity contribution in [3.05, 3.63) is 0 Å². The zero-order chi connectivity index (χ0) is 18.5. The maximum Gasteiger partial charge on any atom is 0.224 e. The summed E-state index contributed by atoms with van der Waals surface area (Å²) in [7, 11) is 3.56. The maximum absolute atomic E-state index is 12.0. The molecule has 3 aliphatic rings. The highest BCUT2D eigenvalue weighted by Gasteiger charge is 2.38. The van der Waals surface area contributed by atoms with Gasteiger partial charge in [-0.2, -0.15) is 0 Å². The summed E-state index contributed by atoms with van der Waals surface area (Å²) in [5.74, 6) is 0.722. The van der Waals surface area contributed by atoms with E-state index in [2.05, 4.69) is 4.90 Å². The average molecular weight is 370 g/mol. The van der Waals surface area contributed by atoms with Crippen molar-refractivity contribution in [2.24, 2.45) is 5.92 Å². The minimum absolute atomic E-state index is 0.0314. The van der Waals surface area contributed by atoms with E-state index in [0.29, 0.717) is 32.1 Å². The Morgan fingerprint density at radius 2 is 1.88 bits per heavy atom. The first-order valence-corrected chi connectivity index (χ1v) is 9.96. The molecule has 0 aromatic rings. The molecule has 3 rings (SSSR count). The summed E-state index contributed by atoms with van der Waals surface area (Å²) in [6.07, 6.45) is 3.93. The van der Waals surface area contributed by atoms with Gasteiger partial charge in [-0.05, 0) is 31.6 Å². The molecule has 0 radical (unpaired) electrons. The Balaban J connectivity index is 1.62. The fourth-order valence-corrected chi connectivity index (χ4v) is 4.29. The number of hydrogen-bond donors (Lipinski definition) is 1. The van der Waals surface area contributed by atoms with Crippen molar-refractivity contribution in [2.75, 3.05) is 53.6 Å². The molecular formula is C19H34N2O5. The lowest BCUT2D eigenvalue weighted by molar-refractivity contribution is -0.161. The molecule has 0 saturated carbocycles. The number of hydrogen-bond acceptors (Lipinski definition) is 6. The van der Waals surface area contributed by atoms with Gasteiger partial charge in [0.25, 0.3) is 0 Å². The molecule has 7 nitrogen and oxygen atoms in total. The van der Waals surface area contributed by atoms with Crippen molar-refractivity contribution in [3.8, 4) is 0 Å². The number of carbonyl (C=O) groups is 1. The monoisotopic (exact) mass is 370 g/mol. The topological polar surface area (TPSA) is 71.5 Å². The van der Waals surface area contributed by atoms with E-state index >= 15 is 0 Å². The van der Waals surface area contributed by atoms with Gasteiger partial charge in [0, 0.05) is 46.4 Å². The second-order valence-corrected chi connectivity index (χ2v) is 8.13. The van der Waals surface area contributed by atoms with Gasteiger partial charge in [-0.3, -0.25) is 9.69 Å². The predicted molar refractivity (Wildman–Crippen MR) is 96.9 cm³/mol. The fraction of sp³-hybridized carbons (Fsp3) is 0.947. The maximum atomic E-state index is 12.0. The average Bonchev–Trinajstić information content (AvgIpc) is 2.61. The molecular weight excluding hydrogens is 336 g/mol. The number of rotatable bonds is 4. The molecule has 1 amide bonds. The second-order valence-electron chi connectivity index (χ2n) is 8.13. The third kappa shape index (κ3) is 5.39. The summed E-state index contributed by atoms with van der Waals surface area (Å²) in [6, 6.07) is 0.249. The highest BCUT2D eigenvalue weighted by molar-refractivity contribution is 5.76. The molecule has 0 spiro atoms. The van der Waals surface area contributed by atoms with Crippen LogP contribution in [0.25, 0.3) is 0 Å². The fourth-order valence-electron chi connectivity index (χ4n) is 4.29. The number of nitrogens with zero attached hydrogens (tertiary/aromatic N) is 2. The number of aliphatic hydroxyl groups is 1. The van der Waals surface area contributed by atoms with Crippen LogP contribution >= 0.6 is 0 Å². The molecule has 26 heavy (non-hydrogen) atoms. The molecule has 3 heterocycles. The first kappa shape index (κ1) is 20.0. The molecule has 0 bridgehead atoms. The first-order valence-electron chi connectivity index (χ1n) is 9.96. The molecule has 150 valence electrons. The van der Waals surface area contributed by atoms with E-state index in [4.69, 9.17) is 14.2 Å². The molecule has 3 aliphatic heterocycles. The largest absolute Gasteiger partial charge is 0.389 e. The SMILES string of the molecule is CN(C)C(=O)C[C@@H]1CC[C@@H]2[C@H](COC[C@H](O)CN2CC2CCOCC2)O1. The van der Waals surface area contributed by atoms with Gasteiger partial charge in [-0.25, -0.2) is 0 Å². The minimum Gasteiger partial charge on any atom is -0.389 e. The molecule has 3 fully saturated rings. The molecule has 4 atom stereocenters. The van der Waals surface area contributed by atoms with Gasteiger partial charge in [0.2, 0.25) is 5.91 Å². The van der Waals surface area contributed by atoms with E-state index in [-0.39, 0.29) is 24.2 Å². The van der Waals surface area contributed by atoms with Crippen LogP contribution in [0.15, 0.2) is 0 Å². The zero-order valence-corrected chi connectivity index (χ0v) is 16.1. The van der Waals surface area contributed by atoms with Gasteiger partial charge in [0.05, 0.1) is 37.9 Å². The van der Waals surface area contributed by atoms with Crippen molar-refractivity contribution >= 4 is 5.91 Å². The molecule has 3 saturated heterocycles. The molecule has 0 aromatic carbocycles. The van der Waals surface area contributed by atoms with Crippen molar-refractivity contribution in [1.29, 1.82) is 0 Å². The summed E-state index contributed by atoms with van der Waals surface area (Å²) >= 11 is 0. The predicted octanol–water partition coefficient (Wildman–Crippen LogP) is 0.501. The van der Waals surface area contributed by atoms with E-state index in [1.54, 1.807) is 19.0 Å². The third-order valence-corrected chi connectivity index (χ3v) is 5.82. The summed E-state index contributed by atoms with van der Waals surface area (Å²) in [5.41, 5.74) is 0. The van der Waals surface area contributed by atoms with Crippen molar-refractivity contribution in [1.82, 2.24) is 9.80 Å². The first-order chi connectivity index (χ1) is 12.5. The molecule has 7 heteroatoms. The van der Waals surface area contributed by atoms with Crippen LogP contribution in [0.5, 0.6) is 0 Å². The standard InChI is InChI=1S/C19H34N2O5/c1-20(2)19(23)9-16-3-4-17-18(26-16)13-25-12-15(22)11-21(17)10-14-5-7-24-8-6-14/h14-18,22H,3-13H2,1-2H3/t15-,16+,17-,18+/m1/s1. The lowest BCUT2D eigenvalue weighted by Gasteiger charge is -2.45. The van der Waals surface area contributed by atoms with Crippen molar-refractivity contribution in [3.63, 3.8) is 0 Å². The Morgan fingerprint density at radius 1 is 1.12 bits per heavy atom. The van der Waals surface area contributed by atoms with Crippen LogP contribution in [0.2, 0.25) is 0 Å². The van der Waals surface area contributed by atoms with Gasteiger partial charge in [-0.15, -0.1) is 0 Å². The minimum atomic E-state index is -0.455. The summed E-state index contributed by atoms with van der Waals surface area (Å²) in [6.45, 7) is 4.11. The highest BCUT2D eigenvalue weighted by Crippen LogP contribution is 2.29. The number of fused-ring (bicyclic) bond motifs is 1. The summed E-state index contributed by atoms with van der Waals surface area (Å²) in [5, 5.41) is 10.3. The lowest BCUT2D eigenvalue weighted by atomic mass is 9.92. The number of ether oxygens (including phenoxy) is 3. The van der Waals surface area contributed by atoms with Crippen LogP contribution < -0.4 is 0 Å². The lowest BCUT2D eigenvalue weighted by Crippen LogP contribution is -2.57. The van der Waals surface area contributed by atoms with Crippen LogP contribution in [0.4, 0.5) is 0 Å². The van der Waals surface area contributed by atoms with Crippen LogP contribution in [0.3, 0.4) is 0 Å². The molecule has 0 aromatic heterocycles. The van der Waals surface area contributed by atoms with Gasteiger partial charge >= 0.3 is 0 Å². The Hall–Kier alpha value is -0.730. The second kappa shape index (κ2) is 9.46. The molecule has 0 aliphatic carbocycles. The number of carbonyl (C=O) groups excluding carboxylic acids is 1. The number of β-amino-alcohol motifs (C(OH)–C–C–N with tert-alkyl or cyclic N) is 1. The van der Waals surface area contributed by atoms with Gasteiger partial charge in [0.1, 0.15) is 0 Å². The quantitative estimate of drug-likeness (QED) is 0.777. The third-order valence-electron chi connectivity index (χ3n) is 5.82. The Kier molecular flexibility index (Phi) is 7.28. The smallest absolute Gasteiger partial charge is 0.224 e. The van der Waals surface area contributed by atoms with Gasteiger partial charge < -0.3 is 24.2 Å². The Morgan fingerprint density at radius 3 is 2.62 bits per heavy atom. The van der Waals surface area contributed by atoms with E-state index in [0.717, 1.165) is 45.4 Å². The summed E-state index contributed by atoms with van der Waals surface area (Å²) < 4.78 is 17.4. The summed E-state index contributed by atoms with van der Waals surface area (Å²) in [4.78, 5) is 16.1. The van der Waals surface area contributed by atoms with Gasteiger partial charge in [-0.1, -0.05) is 0 Å². The van der Waals surface area contributed by atoms with E-state index in [1.165, 1.54) is 0 Å². The van der Waals surface area contributed by atoms with Crippen LogP contribution in [-0.4, -0.2) is 98.8 Å². The van der Waals surface area contributed by atoms with E-state index in [1.807, 2.05) is 0 Å². The van der Waals surface area contributed by atoms with E-state index in [9.17, 15) is 9.90 Å². The Labute approximate surface area is 156 Å². The van der Waals surface area contributed by atoms with Crippen molar-refractivity contribution < 1.29 is 24.1 Å². The molecule has 1 N–H and O–H groups in total. The molecule has 0 unspecified atom stereocenters. The van der Waals surface area contributed by atoms with Crippen molar-refractivity contribution in [2.45, 2.75) is 56.5 Å².